The summed E-state index contributed by atoms with van der Waals surface area (Å²) in [7, 11) is 1.63. The molecule has 0 spiro atoms. The Morgan fingerprint density at radius 3 is 2.68 bits per heavy atom. The van der Waals surface area contributed by atoms with Gasteiger partial charge in [-0.2, -0.15) is 0 Å². The Kier molecular flexibility index (Phi) is 7.59. The smallest absolute Gasteiger partial charge is 0.222 e. The third kappa shape index (κ3) is 5.13. The van der Waals surface area contributed by atoms with Crippen molar-refractivity contribution < 1.29 is 9.53 Å². The lowest BCUT2D eigenvalue weighted by Crippen LogP contribution is -2.26. The van der Waals surface area contributed by atoms with Crippen molar-refractivity contribution >= 4 is 23.2 Å². The predicted octanol–water partition coefficient (Wildman–Crippen LogP) is 3.77. The minimum Gasteiger partial charge on any atom is -0.497 e. The van der Waals surface area contributed by atoms with Crippen LogP contribution in [-0.4, -0.2) is 46.6 Å². The van der Waals surface area contributed by atoms with Crippen LogP contribution in [0.15, 0.2) is 47.5 Å². The fourth-order valence-corrected chi connectivity index (χ4v) is 4.22. The summed E-state index contributed by atoms with van der Waals surface area (Å²) in [5.41, 5.74) is 8.94. The van der Waals surface area contributed by atoms with Gasteiger partial charge in [-0.1, -0.05) is 30.2 Å². The van der Waals surface area contributed by atoms with E-state index in [4.69, 9.17) is 27.1 Å². The molecule has 34 heavy (non-hydrogen) atoms. The lowest BCUT2D eigenvalue weighted by molar-refractivity contribution is -0.121. The number of amides is 1. The number of ether oxygens (including phenoxy) is 1. The molecule has 1 aromatic heterocycles. The van der Waals surface area contributed by atoms with Crippen molar-refractivity contribution in [2.45, 2.75) is 38.6 Å². The Hall–Kier alpha value is -3.23. The second kappa shape index (κ2) is 10.8. The van der Waals surface area contributed by atoms with Crippen molar-refractivity contribution in [3.8, 4) is 11.4 Å². The summed E-state index contributed by atoms with van der Waals surface area (Å²) in [5, 5.41) is 12.4. The van der Waals surface area contributed by atoms with Crippen molar-refractivity contribution in [1.82, 2.24) is 20.1 Å². The molecule has 0 saturated carbocycles. The summed E-state index contributed by atoms with van der Waals surface area (Å²) in [6.45, 7) is 3.17. The molecular formula is C25H29ClN6O2. The Balaban J connectivity index is 1.74. The first-order valence-electron chi connectivity index (χ1n) is 11.4. The number of carbonyl (C=O) groups is 1. The maximum atomic E-state index is 12.8. The molecule has 0 saturated heterocycles. The van der Waals surface area contributed by atoms with Crippen LogP contribution in [0.25, 0.3) is 5.69 Å². The molecule has 4 rings (SSSR count). The van der Waals surface area contributed by atoms with Crippen LogP contribution in [0.4, 0.5) is 0 Å². The number of aromatic nitrogens is 3. The number of halogens is 1. The van der Waals surface area contributed by atoms with Crippen LogP contribution in [0.1, 0.15) is 54.5 Å². The number of rotatable bonds is 9. The van der Waals surface area contributed by atoms with Crippen LogP contribution in [0, 0.1) is 6.92 Å². The Bertz CT molecular complexity index is 1190. The zero-order valence-electron chi connectivity index (χ0n) is 19.4. The lowest BCUT2D eigenvalue weighted by atomic mass is 10.00. The standard InChI is InChI=1S/C25H29ClN6O2/c1-16-30-31-25-21(15-23(33)28-13-5-3-4-12-27)29-24(17-6-8-18(26)9-7-17)20-14-19(34-2)10-11-22(20)32(16)25/h6-11,14,21H,3-5,12-13,15,27H2,1-2H3,(H,28,33). The van der Waals surface area contributed by atoms with Crippen LogP contribution < -0.4 is 15.8 Å². The summed E-state index contributed by atoms with van der Waals surface area (Å²) >= 11 is 6.14. The maximum absolute atomic E-state index is 12.8. The zero-order valence-corrected chi connectivity index (χ0v) is 20.2. The molecule has 1 atom stereocenters. The molecule has 8 nitrogen and oxygen atoms in total. The van der Waals surface area contributed by atoms with Crippen LogP contribution in [0.2, 0.25) is 5.02 Å². The summed E-state index contributed by atoms with van der Waals surface area (Å²) in [5.74, 6) is 1.99. The number of hydrogen-bond acceptors (Lipinski definition) is 6. The quantitative estimate of drug-likeness (QED) is 0.453. The van der Waals surface area contributed by atoms with E-state index in [1.807, 2.05) is 54.0 Å². The number of methoxy groups -OCH3 is 1. The molecule has 1 unspecified atom stereocenters. The normalized spacial score (nSPS) is 14.6. The zero-order chi connectivity index (χ0) is 24.1. The van der Waals surface area contributed by atoms with Gasteiger partial charge in [0, 0.05) is 22.7 Å². The highest BCUT2D eigenvalue weighted by atomic mass is 35.5. The fourth-order valence-electron chi connectivity index (χ4n) is 4.10. The Morgan fingerprint density at radius 1 is 1.15 bits per heavy atom. The Morgan fingerprint density at radius 2 is 1.94 bits per heavy atom. The molecule has 1 amide bonds. The first kappa shape index (κ1) is 23.9. The number of unbranched alkanes of at least 4 members (excludes halogenated alkanes) is 2. The van der Waals surface area contributed by atoms with Gasteiger partial charge in [-0.25, -0.2) is 0 Å². The summed E-state index contributed by atoms with van der Waals surface area (Å²) < 4.78 is 7.47. The molecule has 0 bridgehead atoms. The SMILES string of the molecule is COc1ccc2c(c1)C(c1ccc(Cl)cc1)=NC(CC(=O)NCCCCCN)c1nnc(C)n1-2. The van der Waals surface area contributed by atoms with Gasteiger partial charge >= 0.3 is 0 Å². The van der Waals surface area contributed by atoms with Crippen molar-refractivity contribution in [2.75, 3.05) is 20.2 Å². The Labute approximate surface area is 204 Å². The first-order valence-corrected chi connectivity index (χ1v) is 11.8. The number of carbonyl (C=O) groups excluding carboxylic acids is 1. The van der Waals surface area contributed by atoms with Crippen LogP contribution in [-0.2, 0) is 4.79 Å². The first-order chi connectivity index (χ1) is 16.5. The molecule has 0 fully saturated rings. The van der Waals surface area contributed by atoms with Gasteiger partial charge in [0.15, 0.2) is 5.82 Å². The van der Waals surface area contributed by atoms with Crippen molar-refractivity contribution in [1.29, 1.82) is 0 Å². The van der Waals surface area contributed by atoms with E-state index in [9.17, 15) is 4.79 Å². The molecule has 2 heterocycles. The van der Waals surface area contributed by atoms with E-state index < -0.39 is 6.04 Å². The molecule has 0 radical (unpaired) electrons. The number of fused-ring (bicyclic) bond motifs is 3. The van der Waals surface area contributed by atoms with Gasteiger partial charge in [-0.3, -0.25) is 14.4 Å². The van der Waals surface area contributed by atoms with E-state index >= 15 is 0 Å². The van der Waals surface area contributed by atoms with Gasteiger partial charge in [0.2, 0.25) is 5.91 Å². The van der Waals surface area contributed by atoms with E-state index in [0.717, 1.165) is 47.6 Å². The van der Waals surface area contributed by atoms with E-state index in [2.05, 4.69) is 15.5 Å². The molecule has 3 aromatic rings. The molecule has 2 aromatic carbocycles. The van der Waals surface area contributed by atoms with Gasteiger partial charge in [-0.15, -0.1) is 10.2 Å². The summed E-state index contributed by atoms with van der Waals surface area (Å²) in [6, 6.07) is 12.8. The van der Waals surface area contributed by atoms with E-state index in [1.54, 1.807) is 7.11 Å². The molecule has 1 aliphatic heterocycles. The number of nitrogens with one attached hydrogen (secondary N) is 1. The maximum Gasteiger partial charge on any atom is 0.222 e. The molecule has 9 heteroatoms. The molecule has 3 N–H and O–H groups in total. The number of hydrogen-bond donors (Lipinski definition) is 2. The minimum atomic E-state index is -0.505. The number of aliphatic imine (C=N–C) groups is 1. The average molecular weight is 481 g/mol. The van der Waals surface area contributed by atoms with Crippen LogP contribution >= 0.6 is 11.6 Å². The monoisotopic (exact) mass is 480 g/mol. The number of nitrogens with zero attached hydrogens (tertiary/aromatic N) is 4. The largest absolute Gasteiger partial charge is 0.497 e. The highest BCUT2D eigenvalue weighted by Gasteiger charge is 2.30. The number of aryl methyl sites for hydroxylation is 1. The molecular weight excluding hydrogens is 452 g/mol. The second-order valence-electron chi connectivity index (χ2n) is 8.23. The lowest BCUT2D eigenvalue weighted by Gasteiger charge is -2.14. The van der Waals surface area contributed by atoms with Crippen LogP contribution in [0.3, 0.4) is 0 Å². The van der Waals surface area contributed by atoms with Crippen LogP contribution in [0.5, 0.6) is 5.75 Å². The minimum absolute atomic E-state index is 0.0762. The van der Waals surface area contributed by atoms with Gasteiger partial charge in [0.1, 0.15) is 17.6 Å². The average Bonchev–Trinajstić information content (AvgIpc) is 3.16. The van der Waals surface area contributed by atoms with E-state index in [1.165, 1.54) is 0 Å². The van der Waals surface area contributed by atoms with Gasteiger partial charge in [-0.05, 0) is 56.6 Å². The summed E-state index contributed by atoms with van der Waals surface area (Å²) in [4.78, 5) is 17.9. The van der Waals surface area contributed by atoms with Gasteiger partial charge in [0.25, 0.3) is 0 Å². The highest BCUT2D eigenvalue weighted by Crippen LogP contribution is 2.34. The van der Waals surface area contributed by atoms with E-state index in [0.29, 0.717) is 29.7 Å². The van der Waals surface area contributed by atoms with E-state index in [-0.39, 0.29) is 12.3 Å². The topological polar surface area (TPSA) is 107 Å². The molecule has 0 aliphatic carbocycles. The van der Waals surface area contributed by atoms with Gasteiger partial charge < -0.3 is 15.8 Å². The second-order valence-corrected chi connectivity index (χ2v) is 8.66. The number of nitrogens with two attached hydrogens (primary N) is 1. The van der Waals surface area contributed by atoms with Crippen molar-refractivity contribution in [3.05, 3.63) is 70.3 Å². The van der Waals surface area contributed by atoms with Crippen molar-refractivity contribution in [2.24, 2.45) is 10.7 Å². The summed E-state index contributed by atoms with van der Waals surface area (Å²) in [6.07, 6.45) is 3.01. The van der Waals surface area contributed by atoms with Gasteiger partial charge in [0.05, 0.1) is 24.9 Å². The molecule has 178 valence electrons. The predicted molar refractivity (Wildman–Crippen MR) is 133 cm³/mol. The third-order valence-corrected chi connectivity index (χ3v) is 6.08. The van der Waals surface area contributed by atoms with Crippen molar-refractivity contribution in [3.63, 3.8) is 0 Å². The number of benzene rings is 2. The fraction of sp³-hybridized carbons (Fsp3) is 0.360. The highest BCUT2D eigenvalue weighted by molar-refractivity contribution is 6.30. The molecule has 1 aliphatic rings. The third-order valence-electron chi connectivity index (χ3n) is 5.83.